The molecule has 1 N–H and O–H groups in total. The first-order valence-corrected chi connectivity index (χ1v) is 10.5. The molecular formula is C22H30ClN7. The predicted octanol–water partition coefficient (Wildman–Crippen LogP) is 3.69. The van der Waals surface area contributed by atoms with Crippen molar-refractivity contribution in [3.05, 3.63) is 70.8 Å². The average Bonchev–Trinajstić information content (AvgIpc) is 3.36. The Morgan fingerprint density at radius 1 is 1.27 bits per heavy atom. The third-order valence-electron chi connectivity index (χ3n) is 5.02. The standard InChI is InChI=1S/C22H30ClN7/c1-16(2)21-18(15-29(5)27-21)14-28(4)22(24-3)25-13-20(30-12-6-11-26-30)17-7-9-19(23)10-8-17/h6-12,15-16,20H,13-14H2,1-5H3,(H,24,25). The van der Waals surface area contributed by atoms with Crippen LogP contribution in [-0.2, 0) is 13.6 Å². The van der Waals surface area contributed by atoms with Gasteiger partial charge in [0, 0.05) is 63.4 Å². The average molecular weight is 428 g/mol. The highest BCUT2D eigenvalue weighted by Gasteiger charge is 2.18. The van der Waals surface area contributed by atoms with Crippen molar-refractivity contribution in [1.29, 1.82) is 0 Å². The van der Waals surface area contributed by atoms with Gasteiger partial charge in [-0.1, -0.05) is 37.6 Å². The second-order valence-electron chi connectivity index (χ2n) is 7.71. The fraction of sp³-hybridized carbons (Fsp3) is 0.409. The van der Waals surface area contributed by atoms with E-state index in [1.807, 2.05) is 60.0 Å². The lowest BCUT2D eigenvalue weighted by atomic mass is 10.1. The summed E-state index contributed by atoms with van der Waals surface area (Å²) in [6, 6.07) is 9.83. The molecule has 0 radical (unpaired) electrons. The van der Waals surface area contributed by atoms with Crippen LogP contribution in [0.15, 0.2) is 53.9 Å². The van der Waals surface area contributed by atoms with Gasteiger partial charge in [0.15, 0.2) is 5.96 Å². The fourth-order valence-electron chi connectivity index (χ4n) is 3.58. The number of nitrogens with one attached hydrogen (secondary N) is 1. The van der Waals surface area contributed by atoms with Gasteiger partial charge in [-0.3, -0.25) is 14.4 Å². The van der Waals surface area contributed by atoms with Crippen molar-refractivity contribution < 1.29 is 0 Å². The van der Waals surface area contributed by atoms with Crippen molar-refractivity contribution in [3.8, 4) is 0 Å². The van der Waals surface area contributed by atoms with Gasteiger partial charge >= 0.3 is 0 Å². The summed E-state index contributed by atoms with van der Waals surface area (Å²) < 4.78 is 3.82. The number of hydrogen-bond donors (Lipinski definition) is 1. The number of aromatic nitrogens is 4. The van der Waals surface area contributed by atoms with Gasteiger partial charge in [0.25, 0.3) is 0 Å². The monoisotopic (exact) mass is 427 g/mol. The topological polar surface area (TPSA) is 63.3 Å². The molecule has 7 nitrogen and oxygen atoms in total. The molecule has 0 aliphatic carbocycles. The summed E-state index contributed by atoms with van der Waals surface area (Å²) in [6.07, 6.45) is 5.84. The van der Waals surface area contributed by atoms with Crippen molar-refractivity contribution in [2.24, 2.45) is 12.0 Å². The molecule has 0 saturated heterocycles. The molecule has 0 spiro atoms. The molecule has 1 unspecified atom stereocenters. The Labute approximate surface area is 183 Å². The molecule has 8 heteroatoms. The maximum Gasteiger partial charge on any atom is 0.193 e. The fourth-order valence-corrected chi connectivity index (χ4v) is 3.71. The van der Waals surface area contributed by atoms with Crippen molar-refractivity contribution in [2.75, 3.05) is 20.6 Å². The van der Waals surface area contributed by atoms with Crippen LogP contribution < -0.4 is 5.32 Å². The molecule has 0 aliphatic heterocycles. The lowest BCUT2D eigenvalue weighted by molar-refractivity contribution is 0.453. The van der Waals surface area contributed by atoms with Gasteiger partial charge in [0.05, 0.1) is 11.7 Å². The first kappa shape index (κ1) is 21.9. The van der Waals surface area contributed by atoms with E-state index >= 15 is 0 Å². The molecule has 0 saturated carbocycles. The first-order chi connectivity index (χ1) is 14.4. The maximum atomic E-state index is 6.08. The van der Waals surface area contributed by atoms with Gasteiger partial charge in [-0.05, 0) is 29.7 Å². The number of guanidine groups is 1. The molecule has 0 bridgehead atoms. The highest BCUT2D eigenvalue weighted by molar-refractivity contribution is 6.30. The smallest absolute Gasteiger partial charge is 0.193 e. The minimum atomic E-state index is 0.0204. The number of nitrogens with zero attached hydrogens (tertiary/aromatic N) is 6. The van der Waals surface area contributed by atoms with E-state index in [0.717, 1.165) is 28.8 Å². The number of halogens is 1. The number of benzene rings is 1. The number of aryl methyl sites for hydroxylation is 1. The van der Waals surface area contributed by atoms with Crippen molar-refractivity contribution >= 4 is 17.6 Å². The summed E-state index contributed by atoms with van der Waals surface area (Å²) >= 11 is 6.08. The van der Waals surface area contributed by atoms with E-state index in [2.05, 4.69) is 45.5 Å². The van der Waals surface area contributed by atoms with E-state index in [9.17, 15) is 0 Å². The van der Waals surface area contributed by atoms with Crippen molar-refractivity contribution in [2.45, 2.75) is 32.4 Å². The lowest BCUT2D eigenvalue weighted by Gasteiger charge is -2.25. The molecule has 0 fully saturated rings. The SMILES string of the molecule is CN=C(NCC(c1ccc(Cl)cc1)n1cccn1)N(C)Cc1cn(C)nc1C(C)C. The normalized spacial score (nSPS) is 13.0. The van der Waals surface area contributed by atoms with E-state index in [0.29, 0.717) is 12.5 Å². The van der Waals surface area contributed by atoms with Crippen LogP contribution in [0.1, 0.15) is 42.6 Å². The number of rotatable bonds is 7. The second-order valence-corrected chi connectivity index (χ2v) is 8.14. The Morgan fingerprint density at radius 3 is 2.60 bits per heavy atom. The molecular weight excluding hydrogens is 398 g/mol. The van der Waals surface area contributed by atoms with Gasteiger partial charge in [-0.2, -0.15) is 10.2 Å². The predicted molar refractivity (Wildman–Crippen MR) is 122 cm³/mol. The van der Waals surface area contributed by atoms with Gasteiger partial charge in [-0.15, -0.1) is 0 Å². The Balaban J connectivity index is 1.73. The van der Waals surface area contributed by atoms with Gasteiger partial charge in [0.1, 0.15) is 0 Å². The molecule has 160 valence electrons. The number of hydrogen-bond acceptors (Lipinski definition) is 3. The molecule has 1 atom stereocenters. The maximum absolute atomic E-state index is 6.08. The summed E-state index contributed by atoms with van der Waals surface area (Å²) in [5, 5.41) is 13.3. The summed E-state index contributed by atoms with van der Waals surface area (Å²) in [5.74, 6) is 1.19. The zero-order valence-electron chi connectivity index (χ0n) is 18.2. The Hall–Kier alpha value is -2.80. The van der Waals surface area contributed by atoms with Crippen LogP contribution in [0.3, 0.4) is 0 Å². The first-order valence-electron chi connectivity index (χ1n) is 10.1. The summed E-state index contributed by atoms with van der Waals surface area (Å²) in [7, 11) is 5.80. The van der Waals surface area contributed by atoms with Crippen LogP contribution in [0, 0.1) is 0 Å². The summed E-state index contributed by atoms with van der Waals surface area (Å²) in [5.41, 5.74) is 3.46. The highest BCUT2D eigenvalue weighted by Crippen LogP contribution is 2.20. The van der Waals surface area contributed by atoms with E-state index in [-0.39, 0.29) is 6.04 Å². The van der Waals surface area contributed by atoms with Gasteiger partial charge < -0.3 is 10.2 Å². The van der Waals surface area contributed by atoms with Crippen LogP contribution in [0.5, 0.6) is 0 Å². The molecule has 0 amide bonds. The Kier molecular flexibility index (Phi) is 7.15. The Morgan fingerprint density at radius 2 is 2.00 bits per heavy atom. The molecule has 3 aromatic rings. The third-order valence-corrected chi connectivity index (χ3v) is 5.27. The van der Waals surface area contributed by atoms with Crippen LogP contribution >= 0.6 is 11.6 Å². The molecule has 30 heavy (non-hydrogen) atoms. The molecule has 2 aromatic heterocycles. The van der Waals surface area contributed by atoms with E-state index in [4.69, 9.17) is 11.6 Å². The summed E-state index contributed by atoms with van der Waals surface area (Å²) in [4.78, 5) is 6.60. The second kappa shape index (κ2) is 9.80. The molecule has 1 aromatic carbocycles. The minimum absolute atomic E-state index is 0.0204. The van der Waals surface area contributed by atoms with E-state index in [1.165, 1.54) is 5.56 Å². The van der Waals surface area contributed by atoms with Crippen LogP contribution in [0.2, 0.25) is 5.02 Å². The highest BCUT2D eigenvalue weighted by atomic mass is 35.5. The quantitative estimate of drug-likeness (QED) is 0.461. The van der Waals surface area contributed by atoms with E-state index < -0.39 is 0 Å². The van der Waals surface area contributed by atoms with Crippen LogP contribution in [-0.4, -0.2) is 51.1 Å². The van der Waals surface area contributed by atoms with Crippen molar-refractivity contribution in [3.63, 3.8) is 0 Å². The lowest BCUT2D eigenvalue weighted by Crippen LogP contribution is -2.41. The molecule has 0 aliphatic rings. The molecule has 3 rings (SSSR count). The Bertz CT molecular complexity index is 958. The zero-order valence-corrected chi connectivity index (χ0v) is 19.0. The summed E-state index contributed by atoms with van der Waals surface area (Å²) in [6.45, 7) is 5.71. The van der Waals surface area contributed by atoms with Crippen LogP contribution in [0.4, 0.5) is 0 Å². The van der Waals surface area contributed by atoms with Crippen LogP contribution in [0.25, 0.3) is 0 Å². The third kappa shape index (κ3) is 5.21. The number of aliphatic imine (C=N–C) groups is 1. The van der Waals surface area contributed by atoms with Crippen molar-refractivity contribution in [1.82, 2.24) is 29.8 Å². The molecule has 2 heterocycles. The van der Waals surface area contributed by atoms with Gasteiger partial charge in [0.2, 0.25) is 0 Å². The van der Waals surface area contributed by atoms with Gasteiger partial charge in [-0.25, -0.2) is 0 Å². The minimum Gasteiger partial charge on any atom is -0.354 e. The zero-order chi connectivity index (χ0) is 21.7. The largest absolute Gasteiger partial charge is 0.354 e. The van der Waals surface area contributed by atoms with E-state index in [1.54, 1.807) is 13.2 Å².